The van der Waals surface area contributed by atoms with E-state index in [9.17, 15) is 0 Å². The molecule has 0 spiro atoms. The van der Waals surface area contributed by atoms with Crippen LogP contribution in [0.4, 0.5) is 0 Å². The maximum absolute atomic E-state index is 4.46. The van der Waals surface area contributed by atoms with Crippen LogP contribution in [0.15, 0.2) is 27.1 Å². The van der Waals surface area contributed by atoms with Crippen molar-refractivity contribution in [2.24, 2.45) is 0 Å². The first-order valence-corrected chi connectivity index (χ1v) is 6.54. The SMILES string of the molecule is CC(C)c1nc(-c2cc(Br)ccc2Br)n[nH]1. The van der Waals surface area contributed by atoms with E-state index in [2.05, 4.69) is 60.9 Å². The zero-order valence-corrected chi connectivity index (χ0v) is 12.1. The van der Waals surface area contributed by atoms with Crippen LogP contribution in [0.2, 0.25) is 0 Å². The maximum atomic E-state index is 4.46. The highest BCUT2D eigenvalue weighted by molar-refractivity contribution is 9.11. The zero-order chi connectivity index (χ0) is 11.7. The zero-order valence-electron chi connectivity index (χ0n) is 8.96. The Bertz CT molecular complexity index is 506. The molecule has 0 aliphatic carbocycles. The highest BCUT2D eigenvalue weighted by Gasteiger charge is 2.11. The van der Waals surface area contributed by atoms with E-state index in [0.717, 1.165) is 26.2 Å². The van der Waals surface area contributed by atoms with Gasteiger partial charge in [-0.1, -0.05) is 45.7 Å². The molecular formula is C11H11Br2N3. The van der Waals surface area contributed by atoms with Gasteiger partial charge in [0.15, 0.2) is 5.82 Å². The fourth-order valence-corrected chi connectivity index (χ4v) is 2.11. The molecule has 1 N–H and O–H groups in total. The molecule has 2 rings (SSSR count). The van der Waals surface area contributed by atoms with Crippen LogP contribution in [-0.2, 0) is 0 Å². The van der Waals surface area contributed by atoms with Crippen LogP contribution < -0.4 is 0 Å². The van der Waals surface area contributed by atoms with E-state index < -0.39 is 0 Å². The minimum absolute atomic E-state index is 0.354. The van der Waals surface area contributed by atoms with Crippen LogP contribution in [0.1, 0.15) is 25.6 Å². The fourth-order valence-electron chi connectivity index (χ4n) is 1.32. The number of nitrogens with zero attached hydrogens (tertiary/aromatic N) is 2. The van der Waals surface area contributed by atoms with E-state index in [1.54, 1.807) is 0 Å². The van der Waals surface area contributed by atoms with Crippen molar-refractivity contribution < 1.29 is 0 Å². The molecular weight excluding hydrogens is 334 g/mol. The lowest BCUT2D eigenvalue weighted by Gasteiger charge is -2.00. The van der Waals surface area contributed by atoms with Gasteiger partial charge in [-0.3, -0.25) is 5.10 Å². The van der Waals surface area contributed by atoms with Crippen molar-refractivity contribution in [2.45, 2.75) is 19.8 Å². The van der Waals surface area contributed by atoms with Crippen LogP contribution >= 0.6 is 31.9 Å². The minimum Gasteiger partial charge on any atom is -0.262 e. The topological polar surface area (TPSA) is 41.6 Å². The summed E-state index contributed by atoms with van der Waals surface area (Å²) in [4.78, 5) is 4.46. The molecule has 0 atom stereocenters. The average Bonchev–Trinajstić information content (AvgIpc) is 2.70. The molecule has 0 amide bonds. The lowest BCUT2D eigenvalue weighted by Crippen LogP contribution is -1.89. The Morgan fingerprint density at radius 2 is 2.00 bits per heavy atom. The lowest BCUT2D eigenvalue weighted by molar-refractivity contribution is 0.781. The molecule has 2 aromatic rings. The highest BCUT2D eigenvalue weighted by atomic mass is 79.9. The second-order valence-electron chi connectivity index (χ2n) is 3.82. The first-order valence-electron chi connectivity index (χ1n) is 4.95. The van der Waals surface area contributed by atoms with E-state index in [1.165, 1.54) is 0 Å². The lowest BCUT2D eigenvalue weighted by atomic mass is 10.2. The van der Waals surface area contributed by atoms with Crippen molar-refractivity contribution in [3.63, 3.8) is 0 Å². The van der Waals surface area contributed by atoms with Crippen molar-refractivity contribution in [3.05, 3.63) is 33.0 Å². The third kappa shape index (κ3) is 2.35. The van der Waals surface area contributed by atoms with Crippen LogP contribution in [0.3, 0.4) is 0 Å². The average molecular weight is 345 g/mol. The fraction of sp³-hybridized carbons (Fsp3) is 0.273. The smallest absolute Gasteiger partial charge is 0.182 e. The highest BCUT2D eigenvalue weighted by Crippen LogP contribution is 2.29. The predicted octanol–water partition coefficient (Wildman–Crippen LogP) is 4.12. The molecule has 3 nitrogen and oxygen atoms in total. The standard InChI is InChI=1S/C11H11Br2N3/c1-6(2)10-14-11(16-15-10)8-5-7(12)3-4-9(8)13/h3-6H,1-2H3,(H,14,15,16). The number of aromatic nitrogens is 3. The normalized spacial score (nSPS) is 11.1. The van der Waals surface area contributed by atoms with Gasteiger partial charge in [0.2, 0.25) is 0 Å². The number of benzene rings is 1. The van der Waals surface area contributed by atoms with Crippen molar-refractivity contribution in [3.8, 4) is 11.4 Å². The van der Waals surface area contributed by atoms with E-state index >= 15 is 0 Å². The first kappa shape index (κ1) is 11.8. The van der Waals surface area contributed by atoms with Gasteiger partial charge in [0.1, 0.15) is 5.82 Å². The molecule has 1 aromatic heterocycles. The van der Waals surface area contributed by atoms with Crippen molar-refractivity contribution in [2.75, 3.05) is 0 Å². The largest absolute Gasteiger partial charge is 0.262 e. The van der Waals surface area contributed by atoms with Gasteiger partial charge in [0, 0.05) is 20.4 Å². The van der Waals surface area contributed by atoms with Gasteiger partial charge < -0.3 is 0 Å². The Kier molecular flexibility index (Phi) is 3.44. The molecule has 0 saturated heterocycles. The molecule has 0 aliphatic rings. The van der Waals surface area contributed by atoms with Crippen LogP contribution in [-0.4, -0.2) is 15.2 Å². The molecule has 16 heavy (non-hydrogen) atoms. The second-order valence-corrected chi connectivity index (χ2v) is 5.59. The van der Waals surface area contributed by atoms with Gasteiger partial charge in [-0.05, 0) is 18.2 Å². The quantitative estimate of drug-likeness (QED) is 0.890. The maximum Gasteiger partial charge on any atom is 0.182 e. The number of hydrogen-bond acceptors (Lipinski definition) is 2. The monoisotopic (exact) mass is 343 g/mol. The molecule has 0 bridgehead atoms. The number of hydrogen-bond donors (Lipinski definition) is 1. The Morgan fingerprint density at radius 1 is 1.25 bits per heavy atom. The molecule has 84 valence electrons. The third-order valence-corrected chi connectivity index (χ3v) is 3.40. The van der Waals surface area contributed by atoms with E-state index in [4.69, 9.17) is 0 Å². The van der Waals surface area contributed by atoms with Crippen LogP contribution in [0, 0.1) is 0 Å². The van der Waals surface area contributed by atoms with Gasteiger partial charge in [0.05, 0.1) is 0 Å². The van der Waals surface area contributed by atoms with E-state index in [1.807, 2.05) is 18.2 Å². The summed E-state index contributed by atoms with van der Waals surface area (Å²) in [6.45, 7) is 4.17. The van der Waals surface area contributed by atoms with Crippen LogP contribution in [0.25, 0.3) is 11.4 Å². The summed E-state index contributed by atoms with van der Waals surface area (Å²) < 4.78 is 2.01. The molecule has 0 aliphatic heterocycles. The summed E-state index contributed by atoms with van der Waals surface area (Å²) in [5, 5.41) is 7.18. The summed E-state index contributed by atoms with van der Waals surface area (Å²) >= 11 is 6.94. The van der Waals surface area contributed by atoms with Gasteiger partial charge in [-0.2, -0.15) is 5.10 Å². The first-order chi connectivity index (χ1) is 7.58. The van der Waals surface area contributed by atoms with Crippen molar-refractivity contribution in [1.82, 2.24) is 15.2 Å². The Morgan fingerprint density at radius 3 is 2.62 bits per heavy atom. The Labute approximate surface area is 111 Å². The van der Waals surface area contributed by atoms with Gasteiger partial charge >= 0.3 is 0 Å². The van der Waals surface area contributed by atoms with E-state index in [0.29, 0.717) is 5.92 Å². The summed E-state index contributed by atoms with van der Waals surface area (Å²) in [6, 6.07) is 5.95. The molecule has 0 radical (unpaired) electrons. The van der Waals surface area contributed by atoms with Crippen molar-refractivity contribution >= 4 is 31.9 Å². The third-order valence-electron chi connectivity index (χ3n) is 2.22. The molecule has 5 heteroatoms. The molecule has 1 aromatic carbocycles. The number of rotatable bonds is 2. The number of H-pyrrole nitrogens is 1. The minimum atomic E-state index is 0.354. The Balaban J connectivity index is 2.46. The molecule has 0 saturated carbocycles. The molecule has 1 heterocycles. The van der Waals surface area contributed by atoms with E-state index in [-0.39, 0.29) is 0 Å². The number of halogens is 2. The van der Waals surface area contributed by atoms with Gasteiger partial charge in [-0.25, -0.2) is 4.98 Å². The second kappa shape index (κ2) is 4.67. The van der Waals surface area contributed by atoms with Gasteiger partial charge in [-0.15, -0.1) is 0 Å². The van der Waals surface area contributed by atoms with Gasteiger partial charge in [0.25, 0.3) is 0 Å². The number of aromatic amines is 1. The summed E-state index contributed by atoms with van der Waals surface area (Å²) in [6.07, 6.45) is 0. The van der Waals surface area contributed by atoms with Crippen LogP contribution in [0.5, 0.6) is 0 Å². The predicted molar refractivity (Wildman–Crippen MR) is 71.3 cm³/mol. The summed E-state index contributed by atoms with van der Waals surface area (Å²) in [5.74, 6) is 1.98. The summed E-state index contributed by atoms with van der Waals surface area (Å²) in [7, 11) is 0. The molecule has 0 fully saturated rings. The summed E-state index contributed by atoms with van der Waals surface area (Å²) in [5.41, 5.74) is 0.984. The molecule has 0 unspecified atom stereocenters. The number of nitrogens with one attached hydrogen (secondary N) is 1. The Hall–Kier alpha value is -0.680. The van der Waals surface area contributed by atoms with Crippen molar-refractivity contribution in [1.29, 1.82) is 0 Å².